The zero-order chi connectivity index (χ0) is 16.5. The molecule has 0 saturated carbocycles. The van der Waals surface area contributed by atoms with Crippen molar-refractivity contribution in [2.45, 2.75) is 40.0 Å². The Hall–Kier alpha value is -1.40. The summed E-state index contributed by atoms with van der Waals surface area (Å²) in [6, 6.07) is 4.27. The summed E-state index contributed by atoms with van der Waals surface area (Å²) in [5.41, 5.74) is 1.23. The molecule has 6 heteroatoms. The molecule has 0 amide bonds. The molecule has 0 aliphatic carbocycles. The second-order valence-corrected chi connectivity index (χ2v) is 7.55. The molecule has 0 spiro atoms. The average molecular weight is 351 g/mol. The van der Waals surface area contributed by atoms with Gasteiger partial charge in [-0.25, -0.2) is 4.98 Å². The van der Waals surface area contributed by atoms with Crippen molar-refractivity contribution in [3.05, 3.63) is 38.0 Å². The summed E-state index contributed by atoms with van der Waals surface area (Å²) >= 11 is 3.60. The van der Waals surface area contributed by atoms with Gasteiger partial charge in [0, 0.05) is 35.8 Å². The predicted molar refractivity (Wildman–Crippen MR) is 102 cm³/mol. The van der Waals surface area contributed by atoms with Crippen molar-refractivity contribution < 1.29 is 0 Å². The van der Waals surface area contributed by atoms with Gasteiger partial charge in [-0.2, -0.15) is 0 Å². The number of aromatic nitrogens is 1. The summed E-state index contributed by atoms with van der Waals surface area (Å²) < 4.78 is 0. The first-order valence-corrected chi connectivity index (χ1v) is 9.92. The van der Waals surface area contributed by atoms with Crippen LogP contribution in [0.1, 0.15) is 34.3 Å². The number of aliphatic imine (C=N–C) groups is 1. The van der Waals surface area contributed by atoms with Crippen molar-refractivity contribution in [3.63, 3.8) is 0 Å². The number of aryl methyl sites for hydroxylation is 2. The molecular formula is C17H26N4S2. The van der Waals surface area contributed by atoms with Gasteiger partial charge in [-0.3, -0.25) is 4.99 Å². The molecule has 2 aromatic heterocycles. The monoisotopic (exact) mass is 350 g/mol. The predicted octanol–water partition coefficient (Wildman–Crippen LogP) is 3.42. The standard InChI is InChI=1S/C17H26N4S2/c1-4-15-13(3)23-16(21-15)9-11-20-17(18-5-2)19-10-8-14-7-6-12-22-14/h6-7,12H,4-5,8-11H2,1-3H3,(H2,18,19,20). The molecular weight excluding hydrogens is 324 g/mol. The lowest BCUT2D eigenvalue weighted by Gasteiger charge is -2.10. The first kappa shape index (κ1) is 17.9. The van der Waals surface area contributed by atoms with Crippen molar-refractivity contribution in [3.8, 4) is 0 Å². The highest BCUT2D eigenvalue weighted by molar-refractivity contribution is 7.11. The van der Waals surface area contributed by atoms with Crippen molar-refractivity contribution in [1.29, 1.82) is 0 Å². The van der Waals surface area contributed by atoms with Gasteiger partial charge < -0.3 is 10.6 Å². The molecule has 2 aromatic rings. The highest BCUT2D eigenvalue weighted by atomic mass is 32.1. The van der Waals surface area contributed by atoms with Crippen LogP contribution < -0.4 is 10.6 Å². The maximum Gasteiger partial charge on any atom is 0.191 e. The number of nitrogens with one attached hydrogen (secondary N) is 2. The van der Waals surface area contributed by atoms with Crippen molar-refractivity contribution in [1.82, 2.24) is 15.6 Å². The lowest BCUT2D eigenvalue weighted by Crippen LogP contribution is -2.38. The highest BCUT2D eigenvalue weighted by Gasteiger charge is 2.05. The van der Waals surface area contributed by atoms with Crippen molar-refractivity contribution >= 4 is 28.6 Å². The molecule has 23 heavy (non-hydrogen) atoms. The molecule has 2 rings (SSSR count). The number of nitrogens with zero attached hydrogens (tertiary/aromatic N) is 2. The molecule has 126 valence electrons. The normalized spacial score (nSPS) is 11.7. The van der Waals surface area contributed by atoms with Gasteiger partial charge in [-0.15, -0.1) is 22.7 Å². The minimum absolute atomic E-state index is 0.768. The zero-order valence-electron chi connectivity index (χ0n) is 14.2. The number of rotatable bonds is 8. The third-order valence-electron chi connectivity index (χ3n) is 3.46. The molecule has 0 unspecified atom stereocenters. The van der Waals surface area contributed by atoms with Gasteiger partial charge >= 0.3 is 0 Å². The number of hydrogen-bond donors (Lipinski definition) is 2. The van der Waals surface area contributed by atoms with Gasteiger partial charge in [0.1, 0.15) is 0 Å². The van der Waals surface area contributed by atoms with Crippen LogP contribution in [0.25, 0.3) is 0 Å². The van der Waals surface area contributed by atoms with Crippen LogP contribution in [0.2, 0.25) is 0 Å². The molecule has 2 heterocycles. The van der Waals surface area contributed by atoms with E-state index < -0.39 is 0 Å². The smallest absolute Gasteiger partial charge is 0.191 e. The second kappa shape index (κ2) is 9.67. The minimum Gasteiger partial charge on any atom is -0.357 e. The second-order valence-electron chi connectivity index (χ2n) is 5.23. The fourth-order valence-corrected chi connectivity index (χ4v) is 4.01. The summed E-state index contributed by atoms with van der Waals surface area (Å²) in [4.78, 5) is 12.1. The topological polar surface area (TPSA) is 49.3 Å². The molecule has 2 N–H and O–H groups in total. The molecule has 0 saturated heterocycles. The van der Waals surface area contributed by atoms with E-state index in [-0.39, 0.29) is 0 Å². The minimum atomic E-state index is 0.768. The van der Waals surface area contributed by atoms with Gasteiger partial charge in [0.05, 0.1) is 10.7 Å². The summed E-state index contributed by atoms with van der Waals surface area (Å²) in [7, 11) is 0. The Bertz CT molecular complexity index is 602. The maximum atomic E-state index is 4.68. The number of hydrogen-bond acceptors (Lipinski definition) is 4. The van der Waals surface area contributed by atoms with Crippen LogP contribution in [-0.4, -0.2) is 30.6 Å². The average Bonchev–Trinajstić information content (AvgIpc) is 3.17. The third-order valence-corrected chi connectivity index (χ3v) is 5.46. The Morgan fingerprint density at radius 3 is 2.78 bits per heavy atom. The Balaban J connectivity index is 1.80. The van der Waals surface area contributed by atoms with E-state index in [0.29, 0.717) is 0 Å². The SMILES string of the molecule is CCNC(=NCCc1nc(CC)c(C)s1)NCCc1cccs1. The van der Waals surface area contributed by atoms with Crippen molar-refractivity contribution in [2.75, 3.05) is 19.6 Å². The van der Waals surface area contributed by atoms with Gasteiger partial charge in [0.15, 0.2) is 5.96 Å². The third kappa shape index (κ3) is 5.95. The summed E-state index contributed by atoms with van der Waals surface area (Å²) in [6.07, 6.45) is 2.96. The fourth-order valence-electron chi connectivity index (χ4n) is 2.29. The molecule has 0 radical (unpaired) electrons. The van der Waals surface area contributed by atoms with Gasteiger partial charge in [-0.1, -0.05) is 13.0 Å². The van der Waals surface area contributed by atoms with Gasteiger partial charge in [0.2, 0.25) is 0 Å². The summed E-state index contributed by atoms with van der Waals surface area (Å²) in [6.45, 7) is 8.95. The molecule has 0 fully saturated rings. The Morgan fingerprint density at radius 2 is 2.13 bits per heavy atom. The Labute approximate surface area is 147 Å². The van der Waals surface area contributed by atoms with E-state index in [1.807, 2.05) is 0 Å². The maximum absolute atomic E-state index is 4.68. The lowest BCUT2D eigenvalue weighted by atomic mass is 10.3. The molecule has 0 bridgehead atoms. The molecule has 0 aromatic carbocycles. The van der Waals surface area contributed by atoms with E-state index in [4.69, 9.17) is 0 Å². The van der Waals surface area contributed by atoms with E-state index in [9.17, 15) is 0 Å². The first-order valence-electron chi connectivity index (χ1n) is 8.22. The van der Waals surface area contributed by atoms with Gasteiger partial charge in [-0.05, 0) is 38.1 Å². The molecule has 0 aliphatic heterocycles. The van der Waals surface area contributed by atoms with E-state index in [1.54, 1.807) is 22.7 Å². The Kier molecular flexibility index (Phi) is 7.55. The van der Waals surface area contributed by atoms with Crippen LogP contribution in [-0.2, 0) is 19.3 Å². The van der Waals surface area contributed by atoms with Crippen LogP contribution >= 0.6 is 22.7 Å². The molecule has 0 atom stereocenters. The number of thiophene rings is 1. The van der Waals surface area contributed by atoms with Gasteiger partial charge in [0.25, 0.3) is 0 Å². The van der Waals surface area contributed by atoms with Crippen molar-refractivity contribution in [2.24, 2.45) is 4.99 Å². The summed E-state index contributed by atoms with van der Waals surface area (Å²) in [5.74, 6) is 0.896. The highest BCUT2D eigenvalue weighted by Crippen LogP contribution is 2.18. The quantitative estimate of drug-likeness (QED) is 0.566. The number of thiazole rings is 1. The van der Waals surface area contributed by atoms with Crippen LogP contribution in [0, 0.1) is 6.92 Å². The van der Waals surface area contributed by atoms with E-state index in [2.05, 4.69) is 58.9 Å². The molecule has 4 nitrogen and oxygen atoms in total. The zero-order valence-corrected chi connectivity index (χ0v) is 15.8. The number of guanidine groups is 1. The first-order chi connectivity index (χ1) is 11.2. The lowest BCUT2D eigenvalue weighted by molar-refractivity contribution is 0.800. The van der Waals surface area contributed by atoms with Crippen LogP contribution in [0.4, 0.5) is 0 Å². The van der Waals surface area contributed by atoms with Crippen LogP contribution in [0.3, 0.4) is 0 Å². The fraction of sp³-hybridized carbons (Fsp3) is 0.529. The van der Waals surface area contributed by atoms with Crippen LogP contribution in [0.15, 0.2) is 22.5 Å². The summed E-state index contributed by atoms with van der Waals surface area (Å²) in [5, 5.41) is 10.0. The largest absolute Gasteiger partial charge is 0.357 e. The van der Waals surface area contributed by atoms with E-state index >= 15 is 0 Å². The molecule has 0 aliphatic rings. The Morgan fingerprint density at radius 1 is 1.26 bits per heavy atom. The van der Waals surface area contributed by atoms with Crippen LogP contribution in [0.5, 0.6) is 0 Å². The van der Waals surface area contributed by atoms with E-state index in [0.717, 1.165) is 44.9 Å². The van der Waals surface area contributed by atoms with E-state index in [1.165, 1.54) is 20.5 Å².